The van der Waals surface area contributed by atoms with Crippen LogP contribution in [0, 0.1) is 5.92 Å². The van der Waals surface area contributed by atoms with E-state index in [0.29, 0.717) is 5.92 Å². The van der Waals surface area contributed by atoms with Crippen LogP contribution in [0.4, 0.5) is 0 Å². The summed E-state index contributed by atoms with van der Waals surface area (Å²) in [6.07, 6.45) is 0.709. The molecule has 3 nitrogen and oxygen atoms in total. The molecule has 0 saturated carbocycles. The van der Waals surface area contributed by atoms with Gasteiger partial charge in [-0.15, -0.1) is 0 Å². The van der Waals surface area contributed by atoms with E-state index in [9.17, 15) is 5.11 Å². The summed E-state index contributed by atoms with van der Waals surface area (Å²) in [5, 5.41) is 16.2. The molecular formula is C9H20N2O. The highest BCUT2D eigenvalue weighted by Gasteiger charge is 2.21. The molecule has 0 radical (unpaired) electrons. The van der Waals surface area contributed by atoms with Crippen molar-refractivity contribution in [2.45, 2.75) is 32.4 Å². The molecule has 0 amide bonds. The predicted molar refractivity (Wildman–Crippen MR) is 50.1 cm³/mol. The Bertz CT molecular complexity index is 128. The Kier molecular flexibility index (Phi) is 3.98. The summed E-state index contributed by atoms with van der Waals surface area (Å²) < 4.78 is 0. The minimum atomic E-state index is -0.162. The molecule has 0 bridgehead atoms. The van der Waals surface area contributed by atoms with Gasteiger partial charge >= 0.3 is 0 Å². The van der Waals surface area contributed by atoms with Crippen molar-refractivity contribution in [3.63, 3.8) is 0 Å². The lowest BCUT2D eigenvalue weighted by molar-refractivity contribution is 0.0978. The molecule has 1 fully saturated rings. The van der Waals surface area contributed by atoms with Crippen molar-refractivity contribution in [2.75, 3.05) is 19.6 Å². The van der Waals surface area contributed by atoms with Crippen LogP contribution < -0.4 is 10.6 Å². The third-order valence-electron chi connectivity index (χ3n) is 2.23. The van der Waals surface area contributed by atoms with E-state index in [4.69, 9.17) is 0 Å². The Morgan fingerprint density at radius 2 is 2.33 bits per heavy atom. The summed E-state index contributed by atoms with van der Waals surface area (Å²) in [5.74, 6) is 0.652. The average molecular weight is 172 g/mol. The van der Waals surface area contributed by atoms with Crippen molar-refractivity contribution in [2.24, 2.45) is 5.92 Å². The van der Waals surface area contributed by atoms with Crippen molar-refractivity contribution in [3.05, 3.63) is 0 Å². The molecule has 1 aliphatic heterocycles. The van der Waals surface area contributed by atoms with Crippen molar-refractivity contribution < 1.29 is 5.11 Å². The minimum absolute atomic E-state index is 0.162. The van der Waals surface area contributed by atoms with Gasteiger partial charge in [-0.1, -0.05) is 13.8 Å². The summed E-state index contributed by atoms with van der Waals surface area (Å²) in [7, 11) is 0. The second-order valence-electron chi connectivity index (χ2n) is 3.97. The lowest BCUT2D eigenvalue weighted by Gasteiger charge is -2.29. The molecule has 0 spiro atoms. The highest BCUT2D eigenvalue weighted by atomic mass is 16.3. The molecule has 1 aliphatic rings. The molecule has 0 aliphatic carbocycles. The van der Waals surface area contributed by atoms with E-state index >= 15 is 0 Å². The second-order valence-corrected chi connectivity index (χ2v) is 3.97. The fraction of sp³-hybridized carbons (Fsp3) is 1.00. The summed E-state index contributed by atoms with van der Waals surface area (Å²) >= 11 is 0. The zero-order valence-corrected chi connectivity index (χ0v) is 8.01. The van der Waals surface area contributed by atoms with Crippen molar-refractivity contribution in [1.82, 2.24) is 10.6 Å². The van der Waals surface area contributed by atoms with Gasteiger partial charge in [-0.2, -0.15) is 0 Å². The number of piperidine rings is 1. The highest BCUT2D eigenvalue weighted by Crippen LogP contribution is 2.03. The van der Waals surface area contributed by atoms with Gasteiger partial charge in [-0.25, -0.2) is 0 Å². The van der Waals surface area contributed by atoms with Gasteiger partial charge < -0.3 is 15.7 Å². The maximum Gasteiger partial charge on any atom is 0.0717 e. The largest absolute Gasteiger partial charge is 0.391 e. The first-order valence-corrected chi connectivity index (χ1v) is 4.82. The van der Waals surface area contributed by atoms with E-state index in [1.165, 1.54) is 0 Å². The van der Waals surface area contributed by atoms with Crippen LogP contribution in [0.25, 0.3) is 0 Å². The van der Waals surface area contributed by atoms with Crippen molar-refractivity contribution in [3.8, 4) is 0 Å². The fourth-order valence-corrected chi connectivity index (χ4v) is 1.44. The maximum atomic E-state index is 9.58. The van der Waals surface area contributed by atoms with E-state index in [1.54, 1.807) is 0 Å². The molecule has 2 atom stereocenters. The summed E-state index contributed by atoms with van der Waals surface area (Å²) in [6, 6.07) is 0.251. The Labute approximate surface area is 74.5 Å². The van der Waals surface area contributed by atoms with Crippen LogP contribution in [-0.2, 0) is 0 Å². The number of hydrogen-bond donors (Lipinski definition) is 3. The van der Waals surface area contributed by atoms with E-state index in [0.717, 1.165) is 26.1 Å². The highest BCUT2D eigenvalue weighted by molar-refractivity contribution is 4.83. The molecule has 12 heavy (non-hydrogen) atoms. The van der Waals surface area contributed by atoms with Gasteiger partial charge in [0.1, 0.15) is 0 Å². The molecule has 3 N–H and O–H groups in total. The molecule has 72 valence electrons. The van der Waals surface area contributed by atoms with Gasteiger partial charge in [0, 0.05) is 12.6 Å². The number of rotatable bonds is 3. The number of hydrogen-bond acceptors (Lipinski definition) is 3. The predicted octanol–water partition coefficient (Wildman–Crippen LogP) is -0.0452. The van der Waals surface area contributed by atoms with Gasteiger partial charge in [0.15, 0.2) is 0 Å². The summed E-state index contributed by atoms with van der Waals surface area (Å²) in [6.45, 7) is 7.18. The Morgan fingerprint density at radius 3 is 2.92 bits per heavy atom. The van der Waals surface area contributed by atoms with Crippen LogP contribution in [-0.4, -0.2) is 36.9 Å². The van der Waals surface area contributed by atoms with Crippen LogP contribution in [0.1, 0.15) is 20.3 Å². The lowest BCUT2D eigenvalue weighted by atomic mass is 10.0. The van der Waals surface area contributed by atoms with Gasteiger partial charge in [0.05, 0.1) is 6.10 Å². The third-order valence-corrected chi connectivity index (χ3v) is 2.23. The maximum absolute atomic E-state index is 9.58. The molecule has 1 saturated heterocycles. The molecule has 0 unspecified atom stereocenters. The van der Waals surface area contributed by atoms with E-state index < -0.39 is 0 Å². The molecule has 1 heterocycles. The zero-order chi connectivity index (χ0) is 8.97. The van der Waals surface area contributed by atoms with Crippen LogP contribution in [0.3, 0.4) is 0 Å². The Hall–Kier alpha value is -0.120. The van der Waals surface area contributed by atoms with Crippen molar-refractivity contribution in [1.29, 1.82) is 0 Å². The van der Waals surface area contributed by atoms with E-state index in [2.05, 4.69) is 24.5 Å². The van der Waals surface area contributed by atoms with Gasteiger partial charge in [-0.05, 0) is 25.4 Å². The van der Waals surface area contributed by atoms with Gasteiger partial charge in [0.2, 0.25) is 0 Å². The zero-order valence-electron chi connectivity index (χ0n) is 8.01. The molecular weight excluding hydrogens is 152 g/mol. The van der Waals surface area contributed by atoms with Crippen LogP contribution in [0.15, 0.2) is 0 Å². The molecule has 1 rings (SSSR count). The first-order chi connectivity index (χ1) is 5.70. The normalized spacial score (nSPS) is 31.0. The number of aliphatic hydroxyl groups excluding tert-OH is 1. The van der Waals surface area contributed by atoms with Gasteiger partial charge in [-0.3, -0.25) is 0 Å². The van der Waals surface area contributed by atoms with Crippen LogP contribution in [0.5, 0.6) is 0 Å². The first kappa shape index (κ1) is 9.96. The average Bonchev–Trinajstić information content (AvgIpc) is 2.03. The van der Waals surface area contributed by atoms with E-state index in [-0.39, 0.29) is 12.1 Å². The summed E-state index contributed by atoms with van der Waals surface area (Å²) in [5.41, 5.74) is 0. The quantitative estimate of drug-likeness (QED) is 0.559. The standard InChI is InChI=1S/C9H20N2O/c1-7(2)5-11-8-6-10-4-3-9(8)12/h7-12H,3-6H2,1-2H3/t8-,9-/m0/s1. The lowest BCUT2D eigenvalue weighted by Crippen LogP contribution is -2.52. The van der Waals surface area contributed by atoms with Crippen LogP contribution >= 0.6 is 0 Å². The minimum Gasteiger partial charge on any atom is -0.391 e. The molecule has 3 heteroatoms. The van der Waals surface area contributed by atoms with Gasteiger partial charge in [0.25, 0.3) is 0 Å². The Balaban J connectivity index is 2.20. The molecule has 0 aromatic carbocycles. The fourth-order valence-electron chi connectivity index (χ4n) is 1.44. The Morgan fingerprint density at radius 1 is 1.58 bits per heavy atom. The molecule has 0 aromatic heterocycles. The third kappa shape index (κ3) is 3.09. The monoisotopic (exact) mass is 172 g/mol. The topological polar surface area (TPSA) is 44.3 Å². The first-order valence-electron chi connectivity index (χ1n) is 4.82. The second kappa shape index (κ2) is 4.80. The van der Waals surface area contributed by atoms with Crippen molar-refractivity contribution >= 4 is 0 Å². The SMILES string of the molecule is CC(C)CN[C@H]1CNCC[C@@H]1O. The number of aliphatic hydroxyl groups is 1. The number of nitrogens with one attached hydrogen (secondary N) is 2. The molecule has 0 aromatic rings. The smallest absolute Gasteiger partial charge is 0.0717 e. The van der Waals surface area contributed by atoms with E-state index in [1.807, 2.05) is 0 Å². The van der Waals surface area contributed by atoms with Crippen LogP contribution in [0.2, 0.25) is 0 Å². The summed E-state index contributed by atoms with van der Waals surface area (Å²) in [4.78, 5) is 0.